The van der Waals surface area contributed by atoms with E-state index in [0.717, 1.165) is 44.0 Å². The van der Waals surface area contributed by atoms with Crippen LogP contribution in [0.2, 0.25) is 0 Å². The molecule has 1 aromatic rings. The first kappa shape index (κ1) is 17.2. The molecule has 2 heterocycles. The predicted molar refractivity (Wildman–Crippen MR) is 93.2 cm³/mol. The molecular formula is C19H28N2O3. The number of likely N-dealkylation sites (tertiary alicyclic amines) is 2. The van der Waals surface area contributed by atoms with Gasteiger partial charge in [-0.25, -0.2) is 0 Å². The summed E-state index contributed by atoms with van der Waals surface area (Å²) in [6, 6.07) is 7.80. The molecule has 1 spiro atoms. The number of amides is 1. The number of carbonyl (C=O) groups excluding carboxylic acids is 1. The molecule has 0 saturated carbocycles. The third kappa shape index (κ3) is 3.42. The van der Waals surface area contributed by atoms with Crippen LogP contribution in [0.4, 0.5) is 0 Å². The summed E-state index contributed by atoms with van der Waals surface area (Å²) in [6.45, 7) is 5.62. The number of nitrogens with zero attached hydrogens (tertiary/aromatic N) is 2. The highest BCUT2D eigenvalue weighted by Crippen LogP contribution is 2.38. The van der Waals surface area contributed by atoms with Crippen LogP contribution in [-0.4, -0.2) is 68.3 Å². The molecule has 5 heteroatoms. The normalized spacial score (nSPS) is 23.1. The smallest absolute Gasteiger partial charge is 0.260 e. The van der Waals surface area contributed by atoms with Gasteiger partial charge in [0, 0.05) is 26.8 Å². The number of hydrogen-bond donors (Lipinski definition) is 0. The zero-order chi connectivity index (χ0) is 17.2. The second kappa shape index (κ2) is 7.11. The van der Waals surface area contributed by atoms with Gasteiger partial charge < -0.3 is 14.4 Å². The van der Waals surface area contributed by atoms with Crippen molar-refractivity contribution < 1.29 is 14.3 Å². The van der Waals surface area contributed by atoms with Crippen molar-refractivity contribution in [1.29, 1.82) is 0 Å². The van der Waals surface area contributed by atoms with Crippen LogP contribution in [-0.2, 0) is 9.53 Å². The van der Waals surface area contributed by atoms with Crippen LogP contribution in [0.1, 0.15) is 18.4 Å². The maximum Gasteiger partial charge on any atom is 0.260 e. The van der Waals surface area contributed by atoms with E-state index in [1.807, 2.05) is 36.1 Å². The highest BCUT2D eigenvalue weighted by molar-refractivity contribution is 5.79. The molecule has 2 saturated heterocycles. The SMILES string of the molecule is COCC1CCN(C)C2(C1)CN(C(=O)COc1ccccc1C)C2. The maximum absolute atomic E-state index is 12.4. The minimum atomic E-state index is 0.0751. The average molecular weight is 332 g/mol. The molecule has 1 atom stereocenters. The molecule has 0 aromatic heterocycles. The first-order chi connectivity index (χ1) is 11.5. The third-order valence-electron chi connectivity index (χ3n) is 5.52. The standard InChI is InChI=1S/C19H28N2O3/c1-15-6-4-5-7-17(15)24-12-18(22)21-13-19(14-21)10-16(11-23-3)8-9-20(19)2/h4-7,16H,8-14H2,1-3H3. The Kier molecular flexibility index (Phi) is 5.11. The quantitative estimate of drug-likeness (QED) is 0.826. The van der Waals surface area contributed by atoms with Crippen molar-refractivity contribution in [3.63, 3.8) is 0 Å². The van der Waals surface area contributed by atoms with Gasteiger partial charge in [0.05, 0.1) is 5.54 Å². The van der Waals surface area contributed by atoms with Crippen molar-refractivity contribution in [1.82, 2.24) is 9.80 Å². The van der Waals surface area contributed by atoms with E-state index in [2.05, 4.69) is 11.9 Å². The minimum Gasteiger partial charge on any atom is -0.484 e. The molecule has 1 aromatic carbocycles. The van der Waals surface area contributed by atoms with Crippen LogP contribution < -0.4 is 4.74 Å². The molecule has 1 unspecified atom stereocenters. The summed E-state index contributed by atoms with van der Waals surface area (Å²) >= 11 is 0. The number of ether oxygens (including phenoxy) is 2. The van der Waals surface area contributed by atoms with E-state index >= 15 is 0 Å². The molecule has 0 bridgehead atoms. The van der Waals surface area contributed by atoms with Crippen molar-refractivity contribution in [3.05, 3.63) is 29.8 Å². The van der Waals surface area contributed by atoms with Gasteiger partial charge in [-0.2, -0.15) is 0 Å². The first-order valence-electron chi connectivity index (χ1n) is 8.70. The topological polar surface area (TPSA) is 42.0 Å². The first-order valence-corrected chi connectivity index (χ1v) is 8.70. The van der Waals surface area contributed by atoms with Crippen LogP contribution in [0.25, 0.3) is 0 Å². The average Bonchev–Trinajstić information content (AvgIpc) is 2.54. The number of hydrogen-bond acceptors (Lipinski definition) is 4. The van der Waals surface area contributed by atoms with Crippen molar-refractivity contribution >= 4 is 5.91 Å². The molecule has 0 N–H and O–H groups in total. The summed E-state index contributed by atoms with van der Waals surface area (Å²) in [5.41, 5.74) is 1.19. The summed E-state index contributed by atoms with van der Waals surface area (Å²) in [4.78, 5) is 16.7. The lowest BCUT2D eigenvalue weighted by Gasteiger charge is -2.58. The van der Waals surface area contributed by atoms with Crippen molar-refractivity contribution in [3.8, 4) is 5.75 Å². The number of para-hydroxylation sites is 1. The van der Waals surface area contributed by atoms with E-state index in [9.17, 15) is 4.79 Å². The summed E-state index contributed by atoms with van der Waals surface area (Å²) in [7, 11) is 3.94. The van der Waals surface area contributed by atoms with Gasteiger partial charge in [-0.15, -0.1) is 0 Å². The third-order valence-corrected chi connectivity index (χ3v) is 5.52. The van der Waals surface area contributed by atoms with Gasteiger partial charge in [0.15, 0.2) is 6.61 Å². The lowest BCUT2D eigenvalue weighted by Crippen LogP contribution is -2.73. The van der Waals surface area contributed by atoms with Crippen molar-refractivity contribution in [2.45, 2.75) is 25.3 Å². The van der Waals surface area contributed by atoms with Crippen molar-refractivity contribution in [2.75, 3.05) is 47.0 Å². The highest BCUT2D eigenvalue weighted by atomic mass is 16.5. The molecule has 0 aliphatic carbocycles. The minimum absolute atomic E-state index is 0.0751. The second-order valence-electron chi connectivity index (χ2n) is 7.26. The van der Waals surface area contributed by atoms with Crippen LogP contribution in [0, 0.1) is 12.8 Å². The zero-order valence-electron chi connectivity index (χ0n) is 15.0. The highest BCUT2D eigenvalue weighted by Gasteiger charge is 2.50. The predicted octanol–water partition coefficient (Wildman–Crippen LogP) is 1.94. The van der Waals surface area contributed by atoms with Gasteiger partial charge in [0.2, 0.25) is 0 Å². The molecule has 5 nitrogen and oxygen atoms in total. The number of rotatable bonds is 5. The van der Waals surface area contributed by atoms with Crippen molar-refractivity contribution in [2.24, 2.45) is 5.92 Å². The Morgan fingerprint density at radius 3 is 2.79 bits per heavy atom. The van der Waals surface area contributed by atoms with Gasteiger partial charge in [-0.05, 0) is 50.9 Å². The molecule has 0 radical (unpaired) electrons. The summed E-state index contributed by atoms with van der Waals surface area (Å²) in [5.74, 6) is 1.47. The maximum atomic E-state index is 12.4. The largest absolute Gasteiger partial charge is 0.484 e. The second-order valence-corrected chi connectivity index (χ2v) is 7.26. The van der Waals surface area contributed by atoms with Gasteiger partial charge in [0.1, 0.15) is 5.75 Å². The Hall–Kier alpha value is -1.59. The number of aryl methyl sites for hydroxylation is 1. The lowest BCUT2D eigenvalue weighted by molar-refractivity contribution is -0.153. The Morgan fingerprint density at radius 1 is 1.33 bits per heavy atom. The number of benzene rings is 1. The van der Waals surface area contributed by atoms with Crippen LogP contribution in [0.3, 0.4) is 0 Å². The summed E-state index contributed by atoms with van der Waals surface area (Å²) < 4.78 is 11.0. The molecule has 3 rings (SSSR count). The van der Waals surface area contributed by atoms with Gasteiger partial charge in [-0.3, -0.25) is 9.69 Å². The number of likely N-dealkylation sites (N-methyl/N-ethyl adjacent to an activating group) is 1. The molecule has 1 amide bonds. The fourth-order valence-corrected chi connectivity index (χ4v) is 3.95. The number of carbonyl (C=O) groups is 1. The fourth-order valence-electron chi connectivity index (χ4n) is 3.95. The Labute approximate surface area is 144 Å². The van der Waals surface area contributed by atoms with Gasteiger partial charge in [-0.1, -0.05) is 18.2 Å². The fraction of sp³-hybridized carbons (Fsp3) is 0.632. The molecule has 2 aliphatic heterocycles. The van der Waals surface area contributed by atoms with E-state index in [-0.39, 0.29) is 18.1 Å². The van der Waals surface area contributed by atoms with E-state index in [0.29, 0.717) is 5.92 Å². The van der Waals surface area contributed by atoms with Gasteiger partial charge in [0.25, 0.3) is 5.91 Å². The Bertz CT molecular complexity index is 584. The lowest BCUT2D eigenvalue weighted by atomic mass is 9.75. The van der Waals surface area contributed by atoms with Crippen LogP contribution >= 0.6 is 0 Å². The van der Waals surface area contributed by atoms with E-state index in [1.165, 1.54) is 6.42 Å². The van der Waals surface area contributed by atoms with Gasteiger partial charge >= 0.3 is 0 Å². The van der Waals surface area contributed by atoms with Crippen LogP contribution in [0.15, 0.2) is 24.3 Å². The molecular weight excluding hydrogens is 304 g/mol. The monoisotopic (exact) mass is 332 g/mol. The Morgan fingerprint density at radius 2 is 2.08 bits per heavy atom. The van der Waals surface area contributed by atoms with E-state index < -0.39 is 0 Å². The molecule has 132 valence electrons. The molecule has 2 fully saturated rings. The van der Waals surface area contributed by atoms with Crippen LogP contribution in [0.5, 0.6) is 5.75 Å². The Balaban J connectivity index is 1.51. The summed E-state index contributed by atoms with van der Waals surface area (Å²) in [6.07, 6.45) is 2.29. The molecule has 2 aliphatic rings. The molecule has 24 heavy (non-hydrogen) atoms. The number of methoxy groups -OCH3 is 1. The van der Waals surface area contributed by atoms with E-state index in [4.69, 9.17) is 9.47 Å². The summed E-state index contributed by atoms with van der Waals surface area (Å²) in [5, 5.41) is 0. The number of piperidine rings is 1. The zero-order valence-corrected chi connectivity index (χ0v) is 15.0. The van der Waals surface area contributed by atoms with E-state index in [1.54, 1.807) is 7.11 Å².